The molecule has 0 saturated heterocycles. The maximum Gasteiger partial charge on any atom is 0.229 e. The van der Waals surface area contributed by atoms with Gasteiger partial charge in [0.25, 0.3) is 0 Å². The van der Waals surface area contributed by atoms with E-state index in [2.05, 4.69) is 47.5 Å². The Morgan fingerprint density at radius 2 is 1.69 bits per heavy atom. The molecule has 1 N–H and O–H groups in total. The molecule has 26 heavy (non-hydrogen) atoms. The molecule has 0 aliphatic heterocycles. The van der Waals surface area contributed by atoms with Crippen LogP contribution in [0.15, 0.2) is 40.9 Å². The number of anilines is 1. The van der Waals surface area contributed by atoms with E-state index in [1.54, 1.807) is 19.2 Å². The van der Waals surface area contributed by atoms with Crippen LogP contribution in [0.1, 0.15) is 37.5 Å². The molecule has 0 aromatic heterocycles. The van der Waals surface area contributed by atoms with Crippen LogP contribution in [-0.2, 0) is 15.4 Å². The third-order valence-electron chi connectivity index (χ3n) is 3.76. The van der Waals surface area contributed by atoms with Crippen molar-refractivity contribution in [3.63, 3.8) is 0 Å². The summed E-state index contributed by atoms with van der Waals surface area (Å²) in [7, 11) is -1.59. The van der Waals surface area contributed by atoms with E-state index in [-0.39, 0.29) is 5.41 Å². The van der Waals surface area contributed by atoms with E-state index in [4.69, 9.17) is 4.74 Å². The smallest absolute Gasteiger partial charge is 0.229 e. The van der Waals surface area contributed by atoms with Crippen LogP contribution in [0.4, 0.5) is 5.69 Å². The van der Waals surface area contributed by atoms with E-state index in [0.717, 1.165) is 33.2 Å². The van der Waals surface area contributed by atoms with Crippen molar-refractivity contribution in [2.45, 2.75) is 26.2 Å². The summed E-state index contributed by atoms with van der Waals surface area (Å²) in [6.07, 6.45) is 5.10. The van der Waals surface area contributed by atoms with Gasteiger partial charge in [-0.1, -0.05) is 61.0 Å². The molecule has 0 atom stereocenters. The third-order valence-corrected chi connectivity index (χ3v) is 4.83. The first-order chi connectivity index (χ1) is 12.0. The maximum atomic E-state index is 11.3. The first-order valence-electron chi connectivity index (χ1n) is 8.13. The van der Waals surface area contributed by atoms with Crippen LogP contribution in [-0.4, -0.2) is 21.8 Å². The average molecular weight is 438 g/mol. The molecule has 140 valence electrons. The van der Waals surface area contributed by atoms with E-state index < -0.39 is 10.0 Å². The maximum absolute atomic E-state index is 11.3. The third kappa shape index (κ3) is 5.61. The predicted octanol–water partition coefficient (Wildman–Crippen LogP) is 5.30. The molecule has 0 aliphatic carbocycles. The summed E-state index contributed by atoms with van der Waals surface area (Å²) < 4.78 is 31.7. The zero-order valence-electron chi connectivity index (χ0n) is 15.6. The van der Waals surface area contributed by atoms with Gasteiger partial charge in [-0.15, -0.1) is 0 Å². The number of nitrogens with one attached hydrogen (secondary N) is 1. The highest BCUT2D eigenvalue weighted by molar-refractivity contribution is 9.10. The van der Waals surface area contributed by atoms with Gasteiger partial charge in [-0.05, 0) is 35.2 Å². The van der Waals surface area contributed by atoms with Gasteiger partial charge >= 0.3 is 0 Å². The molecular weight excluding hydrogens is 414 g/mol. The Balaban J connectivity index is 2.34. The van der Waals surface area contributed by atoms with Crippen molar-refractivity contribution in [1.29, 1.82) is 0 Å². The molecule has 0 unspecified atom stereocenters. The lowest BCUT2D eigenvalue weighted by Crippen LogP contribution is -2.13. The molecule has 6 heteroatoms. The quantitative estimate of drug-likeness (QED) is 0.645. The molecule has 2 aromatic rings. The van der Waals surface area contributed by atoms with Crippen molar-refractivity contribution in [1.82, 2.24) is 0 Å². The Labute approximate surface area is 164 Å². The number of hydrogen-bond acceptors (Lipinski definition) is 3. The summed E-state index contributed by atoms with van der Waals surface area (Å²) in [4.78, 5) is 0. The zero-order chi connectivity index (χ0) is 19.5. The van der Waals surface area contributed by atoms with Gasteiger partial charge < -0.3 is 4.74 Å². The number of sulfonamides is 1. The van der Waals surface area contributed by atoms with Gasteiger partial charge in [0.05, 0.1) is 13.4 Å². The van der Waals surface area contributed by atoms with E-state index in [0.29, 0.717) is 5.69 Å². The van der Waals surface area contributed by atoms with Gasteiger partial charge in [0.15, 0.2) is 0 Å². The van der Waals surface area contributed by atoms with Gasteiger partial charge in [-0.2, -0.15) is 0 Å². The van der Waals surface area contributed by atoms with E-state index in [1.165, 1.54) is 0 Å². The Bertz CT molecular complexity index is 911. The summed E-state index contributed by atoms with van der Waals surface area (Å²) >= 11 is 3.58. The Morgan fingerprint density at radius 1 is 1.08 bits per heavy atom. The fourth-order valence-corrected chi connectivity index (χ4v) is 3.63. The number of hydrogen-bond donors (Lipinski definition) is 1. The lowest BCUT2D eigenvalue weighted by molar-refractivity contribution is 0.396. The molecule has 0 aliphatic rings. The summed E-state index contributed by atoms with van der Waals surface area (Å²) in [6.45, 7) is 6.45. The zero-order valence-corrected chi connectivity index (χ0v) is 18.0. The van der Waals surface area contributed by atoms with Crippen LogP contribution in [0.3, 0.4) is 0 Å². The van der Waals surface area contributed by atoms with E-state index >= 15 is 0 Å². The Hall–Kier alpha value is -1.79. The molecule has 0 bridgehead atoms. The van der Waals surface area contributed by atoms with Crippen molar-refractivity contribution in [3.05, 3.63) is 57.6 Å². The highest BCUT2D eigenvalue weighted by atomic mass is 79.9. The van der Waals surface area contributed by atoms with Crippen LogP contribution >= 0.6 is 15.9 Å². The summed E-state index contributed by atoms with van der Waals surface area (Å²) in [5.74, 6) is 0.854. The van der Waals surface area contributed by atoms with Crippen LogP contribution in [0.25, 0.3) is 12.2 Å². The number of methoxy groups -OCH3 is 1. The lowest BCUT2D eigenvalue weighted by atomic mass is 9.85. The Morgan fingerprint density at radius 3 is 2.19 bits per heavy atom. The minimum Gasteiger partial charge on any atom is -0.496 e. The summed E-state index contributed by atoms with van der Waals surface area (Å²) in [6, 6.07) is 11.3. The van der Waals surface area contributed by atoms with Crippen molar-refractivity contribution < 1.29 is 13.2 Å². The normalized spacial score (nSPS) is 12.4. The summed E-state index contributed by atoms with van der Waals surface area (Å²) in [5.41, 5.74) is 3.56. The second kappa shape index (κ2) is 7.84. The van der Waals surface area contributed by atoms with Gasteiger partial charge in [-0.3, -0.25) is 4.72 Å². The fraction of sp³-hybridized carbons (Fsp3) is 0.300. The SMILES string of the molecule is COc1c(/C=C/c2ccc(NS(C)(=O)=O)cc2)cc(Br)cc1C(C)(C)C. The van der Waals surface area contributed by atoms with Gasteiger partial charge in [-0.25, -0.2) is 8.42 Å². The van der Waals surface area contributed by atoms with Gasteiger partial charge in [0.1, 0.15) is 5.75 Å². The average Bonchev–Trinajstić information content (AvgIpc) is 2.51. The highest BCUT2D eigenvalue weighted by Crippen LogP contribution is 2.37. The van der Waals surface area contributed by atoms with E-state index in [9.17, 15) is 8.42 Å². The first kappa shape index (κ1) is 20.5. The standard InChI is InChI=1S/C20H24BrNO3S/c1-20(2,3)18-13-16(21)12-15(19(18)25-4)9-6-14-7-10-17(11-8-14)22-26(5,23)24/h6-13,22H,1-5H3/b9-6+. The summed E-state index contributed by atoms with van der Waals surface area (Å²) in [5, 5.41) is 0. The largest absolute Gasteiger partial charge is 0.496 e. The molecule has 0 fully saturated rings. The minimum atomic E-state index is -3.27. The Kier molecular flexibility index (Phi) is 6.19. The molecule has 4 nitrogen and oxygen atoms in total. The second-order valence-corrected chi connectivity index (χ2v) is 9.82. The second-order valence-electron chi connectivity index (χ2n) is 7.16. The topological polar surface area (TPSA) is 55.4 Å². The molecule has 0 spiro atoms. The number of ether oxygens (including phenoxy) is 1. The number of benzene rings is 2. The molecule has 2 aromatic carbocycles. The molecular formula is C20H24BrNO3S. The first-order valence-corrected chi connectivity index (χ1v) is 10.8. The molecule has 0 amide bonds. The number of halogens is 1. The number of rotatable bonds is 5. The van der Waals surface area contributed by atoms with Crippen molar-refractivity contribution in [2.75, 3.05) is 18.1 Å². The van der Waals surface area contributed by atoms with Crippen LogP contribution < -0.4 is 9.46 Å². The predicted molar refractivity (Wildman–Crippen MR) is 113 cm³/mol. The van der Waals surface area contributed by atoms with Crippen molar-refractivity contribution in [2.24, 2.45) is 0 Å². The van der Waals surface area contributed by atoms with Crippen LogP contribution in [0, 0.1) is 0 Å². The monoisotopic (exact) mass is 437 g/mol. The van der Waals surface area contributed by atoms with Crippen LogP contribution in [0.2, 0.25) is 0 Å². The van der Waals surface area contributed by atoms with E-state index in [1.807, 2.05) is 30.4 Å². The molecule has 0 radical (unpaired) electrons. The molecule has 2 rings (SSSR count). The fourth-order valence-electron chi connectivity index (χ4n) is 2.59. The highest BCUT2D eigenvalue weighted by Gasteiger charge is 2.21. The van der Waals surface area contributed by atoms with Crippen molar-refractivity contribution >= 4 is 43.8 Å². The molecule has 0 saturated carbocycles. The minimum absolute atomic E-state index is 0.0450. The van der Waals surface area contributed by atoms with Gasteiger partial charge in [0, 0.05) is 21.3 Å². The van der Waals surface area contributed by atoms with Gasteiger partial charge in [0.2, 0.25) is 10.0 Å². The lowest BCUT2D eigenvalue weighted by Gasteiger charge is -2.24. The molecule has 0 heterocycles. The van der Waals surface area contributed by atoms with Crippen molar-refractivity contribution in [3.8, 4) is 5.75 Å². The van der Waals surface area contributed by atoms with Crippen LogP contribution in [0.5, 0.6) is 5.75 Å².